The summed E-state index contributed by atoms with van der Waals surface area (Å²) in [6.45, 7) is 2.04. The van der Waals surface area contributed by atoms with Gasteiger partial charge in [-0.25, -0.2) is 0 Å². The van der Waals surface area contributed by atoms with E-state index < -0.39 is 0 Å². The number of nitrogens with one attached hydrogen (secondary N) is 1. The van der Waals surface area contributed by atoms with Gasteiger partial charge in [0.15, 0.2) is 0 Å². The molecule has 0 saturated carbocycles. The molecule has 1 heterocycles. The number of benzene rings is 1. The van der Waals surface area contributed by atoms with E-state index in [0.29, 0.717) is 0 Å². The second kappa shape index (κ2) is 5.53. The molecule has 1 nitrogen and oxygen atoms in total. The molecule has 0 amide bonds. The molecule has 0 aliphatic rings. The van der Waals surface area contributed by atoms with Crippen molar-refractivity contribution >= 4 is 38.9 Å². The van der Waals surface area contributed by atoms with E-state index in [0.717, 1.165) is 14.4 Å². The van der Waals surface area contributed by atoms with Gasteiger partial charge in [-0.15, -0.1) is 11.3 Å². The highest BCUT2D eigenvalue weighted by atomic mass is 79.9. The third-order valence-corrected chi connectivity index (χ3v) is 5.01. The van der Waals surface area contributed by atoms with E-state index in [9.17, 15) is 0 Å². The average molecular weight is 331 g/mol. The molecule has 0 bridgehead atoms. The zero-order valence-electron chi connectivity index (χ0n) is 9.63. The van der Waals surface area contributed by atoms with Gasteiger partial charge in [0, 0.05) is 9.35 Å². The predicted octanol–water partition coefficient (Wildman–Crippen LogP) is 4.78. The van der Waals surface area contributed by atoms with Crippen LogP contribution in [0.3, 0.4) is 0 Å². The monoisotopic (exact) mass is 329 g/mol. The Kier molecular flexibility index (Phi) is 4.26. The first kappa shape index (κ1) is 13.1. The van der Waals surface area contributed by atoms with Gasteiger partial charge in [0.1, 0.15) is 0 Å². The van der Waals surface area contributed by atoms with Gasteiger partial charge in [0.05, 0.1) is 10.4 Å². The summed E-state index contributed by atoms with van der Waals surface area (Å²) in [5.41, 5.74) is 2.37. The van der Waals surface area contributed by atoms with Crippen molar-refractivity contribution in [1.29, 1.82) is 0 Å². The first-order chi connectivity index (χ1) is 8.13. The summed E-state index contributed by atoms with van der Waals surface area (Å²) >= 11 is 11.4. The SMILES string of the molecule is CNC(c1cc(C)c(Cl)s1)c1ccccc1Br. The Morgan fingerprint density at radius 2 is 2.06 bits per heavy atom. The van der Waals surface area contributed by atoms with E-state index in [1.54, 1.807) is 11.3 Å². The second-order valence-corrected chi connectivity index (χ2v) is 6.39. The fourth-order valence-corrected chi connectivity index (χ4v) is 3.65. The van der Waals surface area contributed by atoms with Gasteiger partial charge in [0.25, 0.3) is 0 Å². The van der Waals surface area contributed by atoms with Crippen LogP contribution in [0.2, 0.25) is 4.34 Å². The summed E-state index contributed by atoms with van der Waals surface area (Å²) in [4.78, 5) is 1.24. The first-order valence-corrected chi connectivity index (χ1v) is 7.29. The lowest BCUT2D eigenvalue weighted by molar-refractivity contribution is 0.700. The largest absolute Gasteiger partial charge is 0.309 e. The Morgan fingerprint density at radius 3 is 2.59 bits per heavy atom. The molecule has 0 fully saturated rings. The summed E-state index contributed by atoms with van der Waals surface area (Å²) in [5.74, 6) is 0. The minimum Gasteiger partial charge on any atom is -0.309 e. The zero-order chi connectivity index (χ0) is 12.4. The van der Waals surface area contributed by atoms with Crippen molar-refractivity contribution in [3.8, 4) is 0 Å². The van der Waals surface area contributed by atoms with Crippen molar-refractivity contribution in [3.63, 3.8) is 0 Å². The lowest BCUT2D eigenvalue weighted by Crippen LogP contribution is -2.16. The van der Waals surface area contributed by atoms with Crippen LogP contribution in [-0.2, 0) is 0 Å². The molecule has 0 aliphatic carbocycles. The van der Waals surface area contributed by atoms with Crippen molar-refractivity contribution in [2.45, 2.75) is 13.0 Å². The van der Waals surface area contributed by atoms with E-state index in [4.69, 9.17) is 11.6 Å². The molecule has 1 aromatic carbocycles. The Bertz CT molecular complexity index is 504. The normalized spacial score (nSPS) is 12.7. The number of hydrogen-bond donors (Lipinski definition) is 1. The Morgan fingerprint density at radius 1 is 1.35 bits per heavy atom. The van der Waals surface area contributed by atoms with Crippen LogP contribution in [0.4, 0.5) is 0 Å². The summed E-state index contributed by atoms with van der Waals surface area (Å²) in [6, 6.07) is 10.6. The van der Waals surface area contributed by atoms with Crippen LogP contribution in [0.1, 0.15) is 22.0 Å². The molecule has 1 unspecified atom stereocenters. The number of hydrogen-bond acceptors (Lipinski definition) is 2. The summed E-state index contributed by atoms with van der Waals surface area (Å²) in [7, 11) is 1.97. The molecular formula is C13H13BrClNS. The molecule has 1 aromatic heterocycles. The second-order valence-electron chi connectivity index (χ2n) is 3.85. The van der Waals surface area contributed by atoms with Crippen molar-refractivity contribution < 1.29 is 0 Å². The average Bonchev–Trinajstić information content (AvgIpc) is 2.63. The fourth-order valence-electron chi connectivity index (χ4n) is 1.79. The van der Waals surface area contributed by atoms with E-state index in [1.807, 2.05) is 26.1 Å². The van der Waals surface area contributed by atoms with Crippen LogP contribution in [-0.4, -0.2) is 7.05 Å². The molecule has 1 N–H and O–H groups in total. The third kappa shape index (κ3) is 2.74. The molecule has 2 aromatic rings. The predicted molar refractivity (Wildman–Crippen MR) is 79.1 cm³/mol. The van der Waals surface area contributed by atoms with Gasteiger partial charge in [-0.1, -0.05) is 45.7 Å². The summed E-state index contributed by atoms with van der Waals surface area (Å²) in [5, 5.41) is 3.34. The van der Waals surface area contributed by atoms with Crippen LogP contribution in [0.5, 0.6) is 0 Å². The van der Waals surface area contributed by atoms with Crippen molar-refractivity contribution in [2.75, 3.05) is 7.05 Å². The summed E-state index contributed by atoms with van der Waals surface area (Å²) < 4.78 is 1.98. The minimum atomic E-state index is 0.182. The van der Waals surface area contributed by atoms with Gasteiger partial charge in [-0.05, 0) is 37.2 Å². The fraction of sp³-hybridized carbons (Fsp3) is 0.231. The van der Waals surface area contributed by atoms with Crippen molar-refractivity contribution in [2.24, 2.45) is 0 Å². The molecule has 0 spiro atoms. The number of aryl methyl sites for hydroxylation is 1. The summed E-state index contributed by atoms with van der Waals surface area (Å²) in [6.07, 6.45) is 0. The number of thiophene rings is 1. The van der Waals surface area contributed by atoms with Crippen molar-refractivity contribution in [1.82, 2.24) is 5.32 Å². The maximum Gasteiger partial charge on any atom is 0.0961 e. The molecule has 0 saturated heterocycles. The Labute approximate surface area is 119 Å². The van der Waals surface area contributed by atoms with Crippen LogP contribution < -0.4 is 5.32 Å². The molecule has 0 aliphatic heterocycles. The smallest absolute Gasteiger partial charge is 0.0961 e. The Hall–Kier alpha value is -0.350. The number of rotatable bonds is 3. The molecule has 90 valence electrons. The van der Waals surface area contributed by atoms with Crippen LogP contribution >= 0.6 is 38.9 Å². The molecule has 1 atom stereocenters. The quantitative estimate of drug-likeness (QED) is 0.854. The zero-order valence-corrected chi connectivity index (χ0v) is 12.8. The van der Waals surface area contributed by atoms with Gasteiger partial charge in [-0.2, -0.15) is 0 Å². The van der Waals surface area contributed by atoms with Crippen LogP contribution in [0.15, 0.2) is 34.8 Å². The van der Waals surface area contributed by atoms with E-state index in [2.05, 4.69) is 39.4 Å². The van der Waals surface area contributed by atoms with Gasteiger partial charge in [0.2, 0.25) is 0 Å². The topological polar surface area (TPSA) is 12.0 Å². The van der Waals surface area contributed by atoms with Crippen LogP contribution in [0.25, 0.3) is 0 Å². The van der Waals surface area contributed by atoms with E-state index in [1.165, 1.54) is 10.4 Å². The molecule has 2 rings (SSSR count). The lowest BCUT2D eigenvalue weighted by atomic mass is 10.1. The molecule has 4 heteroatoms. The highest BCUT2D eigenvalue weighted by molar-refractivity contribution is 9.10. The maximum atomic E-state index is 6.14. The first-order valence-electron chi connectivity index (χ1n) is 5.31. The van der Waals surface area contributed by atoms with Gasteiger partial charge >= 0.3 is 0 Å². The van der Waals surface area contributed by atoms with Gasteiger partial charge < -0.3 is 5.32 Å². The lowest BCUT2D eigenvalue weighted by Gasteiger charge is -2.16. The molecular weight excluding hydrogens is 318 g/mol. The van der Waals surface area contributed by atoms with E-state index in [-0.39, 0.29) is 6.04 Å². The highest BCUT2D eigenvalue weighted by Gasteiger charge is 2.17. The maximum absolute atomic E-state index is 6.14. The van der Waals surface area contributed by atoms with Gasteiger partial charge in [-0.3, -0.25) is 0 Å². The van der Waals surface area contributed by atoms with Crippen LogP contribution in [0, 0.1) is 6.92 Å². The Balaban J connectivity index is 2.44. The number of halogens is 2. The standard InChI is InChI=1S/C13H13BrClNS/c1-8-7-11(17-13(8)15)12(16-2)9-5-3-4-6-10(9)14/h3-7,12,16H,1-2H3. The highest BCUT2D eigenvalue weighted by Crippen LogP contribution is 2.36. The minimum absolute atomic E-state index is 0.182. The van der Waals surface area contributed by atoms with Crippen molar-refractivity contribution in [3.05, 3.63) is 55.1 Å². The molecule has 0 radical (unpaired) electrons. The third-order valence-electron chi connectivity index (χ3n) is 2.67. The van der Waals surface area contributed by atoms with E-state index >= 15 is 0 Å². The molecule has 17 heavy (non-hydrogen) atoms.